The Kier molecular flexibility index (Phi) is 4.70. The van der Waals surface area contributed by atoms with E-state index in [0.717, 1.165) is 6.07 Å². The van der Waals surface area contributed by atoms with Crippen molar-refractivity contribution in [3.8, 4) is 5.75 Å². The van der Waals surface area contributed by atoms with Crippen molar-refractivity contribution in [2.24, 2.45) is 0 Å². The van der Waals surface area contributed by atoms with Gasteiger partial charge in [-0.2, -0.15) is 13.2 Å². The van der Waals surface area contributed by atoms with Crippen LogP contribution in [-0.2, 0) is 24.0 Å². The minimum Gasteiger partial charge on any atom is -0.489 e. The molecule has 0 spiro atoms. The Morgan fingerprint density at radius 3 is 2.23 bits per heavy atom. The van der Waals surface area contributed by atoms with Crippen LogP contribution in [0.3, 0.4) is 0 Å². The Morgan fingerprint density at radius 1 is 1.00 bits per heavy atom. The van der Waals surface area contributed by atoms with Crippen molar-refractivity contribution >= 4 is 5.97 Å². The van der Waals surface area contributed by atoms with Crippen molar-refractivity contribution in [3.63, 3.8) is 0 Å². The van der Waals surface area contributed by atoms with Gasteiger partial charge in [-0.1, -0.05) is 36.4 Å². The van der Waals surface area contributed by atoms with E-state index in [9.17, 15) is 18.0 Å². The summed E-state index contributed by atoms with van der Waals surface area (Å²) < 4.78 is 44.1. The van der Waals surface area contributed by atoms with E-state index in [1.807, 2.05) is 0 Å². The molecule has 3 nitrogen and oxygen atoms in total. The van der Waals surface area contributed by atoms with Crippen LogP contribution in [0.1, 0.15) is 16.7 Å². The van der Waals surface area contributed by atoms with Gasteiger partial charge >= 0.3 is 12.1 Å². The smallest absolute Gasteiger partial charge is 0.416 e. The van der Waals surface area contributed by atoms with Crippen LogP contribution in [-0.4, -0.2) is 11.1 Å². The lowest BCUT2D eigenvalue weighted by molar-refractivity contribution is -0.138. The summed E-state index contributed by atoms with van der Waals surface area (Å²) in [4.78, 5) is 10.8. The number of ether oxygens (including phenoxy) is 1. The number of carboxylic acids is 1. The highest BCUT2D eigenvalue weighted by Crippen LogP contribution is 2.32. The Hall–Kier alpha value is -2.50. The van der Waals surface area contributed by atoms with Crippen molar-refractivity contribution < 1.29 is 27.8 Å². The molecule has 0 heterocycles. The summed E-state index contributed by atoms with van der Waals surface area (Å²) in [5, 5.41) is 8.82. The van der Waals surface area contributed by atoms with Crippen LogP contribution in [0.5, 0.6) is 5.75 Å². The Bertz CT molecular complexity index is 666. The molecule has 0 aromatic heterocycles. The zero-order valence-electron chi connectivity index (χ0n) is 11.4. The van der Waals surface area contributed by atoms with Crippen molar-refractivity contribution in [1.29, 1.82) is 0 Å². The molecule has 2 aromatic carbocycles. The maximum absolute atomic E-state index is 12.9. The number of hydrogen-bond donors (Lipinski definition) is 1. The number of aliphatic carboxylic acids is 1. The van der Waals surface area contributed by atoms with Crippen LogP contribution < -0.4 is 4.74 Å². The van der Waals surface area contributed by atoms with Gasteiger partial charge in [-0.3, -0.25) is 4.79 Å². The van der Waals surface area contributed by atoms with Gasteiger partial charge in [-0.05, 0) is 12.1 Å². The van der Waals surface area contributed by atoms with E-state index in [1.165, 1.54) is 24.3 Å². The molecule has 0 unspecified atom stereocenters. The molecule has 0 amide bonds. The molecule has 0 atom stereocenters. The van der Waals surface area contributed by atoms with Crippen LogP contribution in [0.4, 0.5) is 13.2 Å². The summed E-state index contributed by atoms with van der Waals surface area (Å²) in [5.74, 6) is -0.770. The average molecular weight is 310 g/mol. The maximum atomic E-state index is 12.9. The quantitative estimate of drug-likeness (QED) is 0.910. The molecule has 0 aliphatic rings. The summed E-state index contributed by atoms with van der Waals surface area (Å²) in [6, 6.07) is 11.5. The number of rotatable bonds is 5. The van der Waals surface area contributed by atoms with E-state index in [2.05, 4.69) is 0 Å². The monoisotopic (exact) mass is 310 g/mol. The molecule has 0 aliphatic heterocycles. The number of alkyl halides is 3. The third-order valence-corrected chi connectivity index (χ3v) is 3.02. The van der Waals surface area contributed by atoms with Crippen LogP contribution >= 0.6 is 0 Å². The Morgan fingerprint density at radius 2 is 1.59 bits per heavy atom. The van der Waals surface area contributed by atoms with Crippen molar-refractivity contribution in [3.05, 3.63) is 65.2 Å². The number of carbonyl (C=O) groups is 1. The molecule has 6 heteroatoms. The highest BCUT2D eigenvalue weighted by Gasteiger charge is 2.33. The third kappa shape index (κ3) is 4.00. The molecular formula is C16H13F3O3. The van der Waals surface area contributed by atoms with Crippen molar-refractivity contribution in [2.45, 2.75) is 19.2 Å². The summed E-state index contributed by atoms with van der Waals surface area (Å²) in [5.41, 5.74) is -0.342. The first kappa shape index (κ1) is 15.9. The van der Waals surface area contributed by atoms with E-state index in [0.29, 0.717) is 5.56 Å². The molecular weight excluding hydrogens is 297 g/mol. The average Bonchev–Trinajstić information content (AvgIpc) is 2.45. The third-order valence-electron chi connectivity index (χ3n) is 3.02. The minimum absolute atomic E-state index is 0.000119. The van der Waals surface area contributed by atoms with Gasteiger partial charge in [0.05, 0.1) is 12.0 Å². The van der Waals surface area contributed by atoms with Gasteiger partial charge in [0.1, 0.15) is 12.4 Å². The molecule has 1 N–H and O–H groups in total. The molecule has 2 rings (SSSR count). The second-order valence-corrected chi connectivity index (χ2v) is 4.62. The largest absolute Gasteiger partial charge is 0.489 e. The summed E-state index contributed by atoms with van der Waals surface area (Å²) in [6.07, 6.45) is -4.71. The molecule has 0 aliphatic carbocycles. The lowest BCUT2D eigenvalue weighted by Gasteiger charge is -2.14. The van der Waals surface area contributed by atoms with Crippen LogP contribution in [0.15, 0.2) is 48.5 Å². The molecule has 0 fully saturated rings. The van der Waals surface area contributed by atoms with E-state index in [-0.39, 0.29) is 24.3 Å². The highest BCUT2D eigenvalue weighted by atomic mass is 19.4. The fourth-order valence-corrected chi connectivity index (χ4v) is 2.03. The van der Waals surface area contributed by atoms with Crippen LogP contribution in [0, 0.1) is 0 Å². The lowest BCUT2D eigenvalue weighted by Crippen LogP contribution is -2.11. The second kappa shape index (κ2) is 6.51. The molecule has 0 radical (unpaired) electrons. The number of halogens is 3. The van der Waals surface area contributed by atoms with E-state index < -0.39 is 17.7 Å². The Labute approximate surface area is 125 Å². The highest BCUT2D eigenvalue weighted by molar-refractivity contribution is 5.71. The Balaban J connectivity index is 2.20. The zero-order chi connectivity index (χ0) is 16.2. The van der Waals surface area contributed by atoms with Gasteiger partial charge in [0, 0.05) is 11.1 Å². The minimum atomic E-state index is -4.46. The van der Waals surface area contributed by atoms with Gasteiger partial charge in [0.25, 0.3) is 0 Å². The van der Waals surface area contributed by atoms with E-state index in [1.54, 1.807) is 18.2 Å². The first-order chi connectivity index (χ1) is 10.4. The molecule has 22 heavy (non-hydrogen) atoms. The first-order valence-corrected chi connectivity index (χ1v) is 6.45. The fraction of sp³-hybridized carbons (Fsp3) is 0.188. The number of benzene rings is 2. The SMILES string of the molecule is O=C(O)Cc1ccccc1OCc1ccccc1C(F)(F)F. The first-order valence-electron chi connectivity index (χ1n) is 6.45. The maximum Gasteiger partial charge on any atom is 0.416 e. The number of hydrogen-bond acceptors (Lipinski definition) is 2. The predicted octanol–water partition coefficient (Wildman–Crippen LogP) is 3.91. The normalized spacial score (nSPS) is 11.2. The summed E-state index contributed by atoms with van der Waals surface area (Å²) >= 11 is 0. The topological polar surface area (TPSA) is 46.5 Å². The standard InChI is InChI=1S/C16H13F3O3/c17-16(18,19)13-7-3-1-6-12(13)10-22-14-8-4-2-5-11(14)9-15(20)21/h1-8H,9-10H2,(H,20,21). The van der Waals surface area contributed by atoms with Crippen molar-refractivity contribution in [1.82, 2.24) is 0 Å². The van der Waals surface area contributed by atoms with Crippen LogP contribution in [0.2, 0.25) is 0 Å². The summed E-state index contributed by atoms with van der Waals surface area (Å²) in [6.45, 7) is -0.285. The lowest BCUT2D eigenvalue weighted by atomic mass is 10.1. The van der Waals surface area contributed by atoms with Crippen LogP contribution in [0.25, 0.3) is 0 Å². The number of para-hydroxylation sites is 1. The van der Waals surface area contributed by atoms with Crippen molar-refractivity contribution in [2.75, 3.05) is 0 Å². The molecule has 0 saturated heterocycles. The molecule has 0 saturated carbocycles. The fourth-order valence-electron chi connectivity index (χ4n) is 2.03. The molecule has 2 aromatic rings. The summed E-state index contributed by atoms with van der Waals surface area (Å²) in [7, 11) is 0. The van der Waals surface area contributed by atoms with Gasteiger partial charge in [-0.25, -0.2) is 0 Å². The van der Waals surface area contributed by atoms with E-state index >= 15 is 0 Å². The second-order valence-electron chi connectivity index (χ2n) is 4.62. The predicted molar refractivity (Wildman–Crippen MR) is 73.6 cm³/mol. The van der Waals surface area contributed by atoms with Gasteiger partial charge in [-0.15, -0.1) is 0 Å². The molecule has 0 bridgehead atoms. The van der Waals surface area contributed by atoms with E-state index in [4.69, 9.17) is 9.84 Å². The van der Waals surface area contributed by atoms with Gasteiger partial charge in [0.2, 0.25) is 0 Å². The zero-order valence-corrected chi connectivity index (χ0v) is 11.4. The van der Waals surface area contributed by atoms with Gasteiger partial charge < -0.3 is 9.84 Å². The number of carboxylic acid groups (broad SMARTS) is 1. The molecule has 116 valence electrons. The van der Waals surface area contributed by atoms with Gasteiger partial charge in [0.15, 0.2) is 0 Å².